The van der Waals surface area contributed by atoms with Crippen molar-refractivity contribution in [2.75, 3.05) is 16.4 Å². The van der Waals surface area contributed by atoms with E-state index in [4.69, 9.17) is 0 Å². The van der Waals surface area contributed by atoms with Crippen molar-refractivity contribution in [1.29, 1.82) is 0 Å². The number of thioether (sulfide) groups is 1. The van der Waals surface area contributed by atoms with Crippen LogP contribution in [0, 0.1) is 10.5 Å². The highest BCUT2D eigenvalue weighted by Gasteiger charge is 2.06. The molecule has 0 unspecified atom stereocenters. The highest BCUT2D eigenvalue weighted by molar-refractivity contribution is 14.1. The molecule has 0 aliphatic rings. The number of halogens is 1. The van der Waals surface area contributed by atoms with Gasteiger partial charge in [-0.1, -0.05) is 0 Å². The van der Waals surface area contributed by atoms with E-state index in [0.717, 1.165) is 25.4 Å². The third-order valence-corrected chi connectivity index (χ3v) is 4.69. The van der Waals surface area contributed by atoms with Gasteiger partial charge in [0.25, 0.3) is 0 Å². The summed E-state index contributed by atoms with van der Waals surface area (Å²) in [6.07, 6.45) is 0. The van der Waals surface area contributed by atoms with Crippen molar-refractivity contribution in [2.24, 2.45) is 0 Å². The van der Waals surface area contributed by atoms with Crippen LogP contribution in [0.2, 0.25) is 0 Å². The van der Waals surface area contributed by atoms with Crippen molar-refractivity contribution < 1.29 is 9.59 Å². The maximum absolute atomic E-state index is 12.0. The summed E-state index contributed by atoms with van der Waals surface area (Å²) < 4.78 is 1.15. The minimum absolute atomic E-state index is 0.0368. The Hall–Kier alpha value is -1.54. The van der Waals surface area contributed by atoms with Gasteiger partial charge in [0.2, 0.25) is 11.8 Å². The Bertz CT molecular complexity index is 717. The molecule has 0 fully saturated rings. The van der Waals surface area contributed by atoms with Gasteiger partial charge in [-0.25, -0.2) is 0 Å². The van der Waals surface area contributed by atoms with Gasteiger partial charge in [0.05, 0.1) is 5.75 Å². The number of anilines is 2. The van der Waals surface area contributed by atoms with E-state index in [-0.39, 0.29) is 11.8 Å². The average molecular weight is 440 g/mol. The van der Waals surface area contributed by atoms with Gasteiger partial charge >= 0.3 is 0 Å². The first kappa shape index (κ1) is 17.8. The molecular formula is C17H17IN2O2S. The third-order valence-electron chi connectivity index (χ3n) is 3.01. The summed E-state index contributed by atoms with van der Waals surface area (Å²) in [4.78, 5) is 24.0. The number of carbonyl (C=O) groups is 2. The fourth-order valence-electron chi connectivity index (χ4n) is 1.94. The topological polar surface area (TPSA) is 58.2 Å². The SMILES string of the molecule is CC(=O)Nc1ccc(SCC(=O)Nc2ccc(I)cc2C)cc1. The molecule has 0 bridgehead atoms. The summed E-state index contributed by atoms with van der Waals surface area (Å²) in [6.45, 7) is 3.45. The molecule has 0 aliphatic heterocycles. The van der Waals surface area contributed by atoms with Crippen LogP contribution in [0.1, 0.15) is 12.5 Å². The number of hydrogen-bond acceptors (Lipinski definition) is 3. The summed E-state index contributed by atoms with van der Waals surface area (Å²) in [5, 5.41) is 5.64. The van der Waals surface area contributed by atoms with Crippen LogP contribution in [0.5, 0.6) is 0 Å². The summed E-state index contributed by atoms with van der Waals surface area (Å²) in [5.41, 5.74) is 2.65. The van der Waals surface area contributed by atoms with E-state index < -0.39 is 0 Å². The number of carbonyl (C=O) groups excluding carboxylic acids is 2. The van der Waals surface area contributed by atoms with Gasteiger partial charge in [0, 0.05) is 26.8 Å². The summed E-state index contributed by atoms with van der Waals surface area (Å²) >= 11 is 3.70. The van der Waals surface area contributed by atoms with Crippen LogP contribution in [0.4, 0.5) is 11.4 Å². The van der Waals surface area contributed by atoms with Crippen molar-refractivity contribution in [1.82, 2.24) is 0 Å². The van der Waals surface area contributed by atoms with E-state index in [1.165, 1.54) is 18.7 Å². The molecule has 23 heavy (non-hydrogen) atoms. The second kappa shape index (κ2) is 8.35. The van der Waals surface area contributed by atoms with Crippen LogP contribution >= 0.6 is 34.4 Å². The van der Waals surface area contributed by atoms with Gasteiger partial charge in [-0.15, -0.1) is 11.8 Å². The van der Waals surface area contributed by atoms with Crippen molar-refractivity contribution in [2.45, 2.75) is 18.7 Å². The number of rotatable bonds is 5. The lowest BCUT2D eigenvalue weighted by molar-refractivity contribution is -0.114. The molecule has 2 aromatic carbocycles. The summed E-state index contributed by atoms with van der Waals surface area (Å²) in [7, 11) is 0. The predicted octanol–water partition coefficient (Wildman–Crippen LogP) is 4.29. The standard InChI is InChI=1S/C17H17IN2O2S/c1-11-9-13(18)3-8-16(11)20-17(22)10-23-15-6-4-14(5-7-15)19-12(2)21/h3-9H,10H2,1-2H3,(H,19,21)(H,20,22). The molecule has 4 nitrogen and oxygen atoms in total. The van der Waals surface area contributed by atoms with Crippen molar-refractivity contribution in [3.05, 3.63) is 51.6 Å². The monoisotopic (exact) mass is 440 g/mol. The van der Waals surface area contributed by atoms with E-state index >= 15 is 0 Å². The average Bonchev–Trinajstić information content (AvgIpc) is 2.49. The van der Waals surface area contributed by atoms with Crippen LogP contribution in [0.15, 0.2) is 47.4 Å². The molecule has 0 saturated carbocycles. The van der Waals surface area contributed by atoms with E-state index in [2.05, 4.69) is 33.2 Å². The molecule has 0 spiro atoms. The molecule has 0 radical (unpaired) electrons. The summed E-state index contributed by atoms with van der Waals surface area (Å²) in [6, 6.07) is 13.3. The van der Waals surface area contributed by atoms with Crippen LogP contribution in [-0.4, -0.2) is 17.6 Å². The number of nitrogens with one attached hydrogen (secondary N) is 2. The van der Waals surface area contributed by atoms with Crippen LogP contribution in [0.3, 0.4) is 0 Å². The smallest absolute Gasteiger partial charge is 0.234 e. The van der Waals surface area contributed by atoms with E-state index in [1.54, 1.807) is 0 Å². The zero-order valence-electron chi connectivity index (χ0n) is 12.9. The zero-order valence-corrected chi connectivity index (χ0v) is 15.8. The van der Waals surface area contributed by atoms with Crippen molar-refractivity contribution >= 4 is 57.5 Å². The quantitative estimate of drug-likeness (QED) is 0.539. The molecule has 2 rings (SSSR count). The normalized spacial score (nSPS) is 10.2. The first-order valence-corrected chi connectivity index (χ1v) is 9.07. The highest BCUT2D eigenvalue weighted by Crippen LogP contribution is 2.22. The minimum Gasteiger partial charge on any atom is -0.326 e. The van der Waals surface area contributed by atoms with Gasteiger partial charge < -0.3 is 10.6 Å². The largest absolute Gasteiger partial charge is 0.326 e. The molecule has 6 heteroatoms. The fraction of sp³-hybridized carbons (Fsp3) is 0.176. The maximum Gasteiger partial charge on any atom is 0.234 e. The van der Waals surface area contributed by atoms with Gasteiger partial charge in [-0.3, -0.25) is 9.59 Å². The van der Waals surface area contributed by atoms with E-state index in [0.29, 0.717) is 5.75 Å². The predicted molar refractivity (Wildman–Crippen MR) is 104 cm³/mol. The van der Waals surface area contributed by atoms with Gasteiger partial charge in [-0.05, 0) is 77.5 Å². The lowest BCUT2D eigenvalue weighted by Gasteiger charge is -2.09. The number of benzene rings is 2. The number of amides is 2. The Morgan fingerprint density at radius 2 is 1.78 bits per heavy atom. The molecular weight excluding hydrogens is 423 g/mol. The first-order valence-electron chi connectivity index (χ1n) is 7.00. The van der Waals surface area contributed by atoms with Gasteiger partial charge in [-0.2, -0.15) is 0 Å². The number of aryl methyl sites for hydroxylation is 1. The maximum atomic E-state index is 12.0. The van der Waals surface area contributed by atoms with Crippen LogP contribution in [-0.2, 0) is 9.59 Å². The second-order valence-corrected chi connectivity index (χ2v) is 7.30. The number of hydrogen-bond donors (Lipinski definition) is 2. The fourth-order valence-corrected chi connectivity index (χ4v) is 3.29. The Morgan fingerprint density at radius 1 is 1.09 bits per heavy atom. The van der Waals surface area contributed by atoms with Gasteiger partial charge in [0.15, 0.2) is 0 Å². The zero-order chi connectivity index (χ0) is 16.8. The lowest BCUT2D eigenvalue weighted by atomic mass is 10.2. The van der Waals surface area contributed by atoms with E-state index in [9.17, 15) is 9.59 Å². The second-order valence-electron chi connectivity index (χ2n) is 5.00. The van der Waals surface area contributed by atoms with E-state index in [1.807, 2.05) is 49.4 Å². The molecule has 2 N–H and O–H groups in total. The highest BCUT2D eigenvalue weighted by atomic mass is 127. The van der Waals surface area contributed by atoms with Crippen molar-refractivity contribution in [3.8, 4) is 0 Å². The Kier molecular flexibility index (Phi) is 6.47. The van der Waals surface area contributed by atoms with Crippen LogP contribution < -0.4 is 10.6 Å². The Balaban J connectivity index is 1.87. The molecule has 2 aromatic rings. The lowest BCUT2D eigenvalue weighted by Crippen LogP contribution is -2.14. The molecule has 0 atom stereocenters. The molecule has 2 amide bonds. The Labute approximate surface area is 153 Å². The molecule has 120 valence electrons. The Morgan fingerprint density at radius 3 is 2.39 bits per heavy atom. The summed E-state index contributed by atoms with van der Waals surface area (Å²) in [5.74, 6) is 0.202. The minimum atomic E-state index is -0.0994. The molecule has 0 aromatic heterocycles. The molecule has 0 saturated heterocycles. The first-order chi connectivity index (χ1) is 10.9. The molecule has 0 heterocycles. The van der Waals surface area contributed by atoms with Crippen molar-refractivity contribution in [3.63, 3.8) is 0 Å². The van der Waals surface area contributed by atoms with Crippen LogP contribution in [0.25, 0.3) is 0 Å². The third kappa shape index (κ3) is 5.87. The van der Waals surface area contributed by atoms with Gasteiger partial charge in [0.1, 0.15) is 0 Å². The molecule has 0 aliphatic carbocycles.